The number of hydrogen-bond donors (Lipinski definition) is 2. The second kappa shape index (κ2) is 6.21. The van der Waals surface area contributed by atoms with Crippen LogP contribution in [0.2, 0.25) is 0 Å². The number of likely N-dealkylation sites (N-methyl/N-ethyl adjacent to an activating group) is 1. The maximum Gasteiger partial charge on any atom is 0.0373 e. The molecule has 0 saturated carbocycles. The summed E-state index contributed by atoms with van der Waals surface area (Å²) in [5, 5.41) is 6.98. The van der Waals surface area contributed by atoms with Crippen LogP contribution in [-0.2, 0) is 12.8 Å². The quantitative estimate of drug-likeness (QED) is 0.802. The van der Waals surface area contributed by atoms with E-state index in [9.17, 15) is 0 Å². The Morgan fingerprint density at radius 1 is 1.39 bits per heavy atom. The molecule has 1 unspecified atom stereocenters. The summed E-state index contributed by atoms with van der Waals surface area (Å²) >= 11 is 0. The Labute approximate surface area is 111 Å². The second-order valence-corrected chi connectivity index (χ2v) is 5.53. The first-order valence-corrected chi connectivity index (χ1v) is 6.89. The van der Waals surface area contributed by atoms with Crippen molar-refractivity contribution in [2.45, 2.75) is 25.8 Å². The van der Waals surface area contributed by atoms with Crippen LogP contribution in [0, 0.1) is 0 Å². The molecule has 1 aliphatic heterocycles. The molecule has 1 aromatic carbocycles. The molecule has 2 N–H and O–H groups in total. The summed E-state index contributed by atoms with van der Waals surface area (Å²) < 4.78 is 0. The molecular formula is C15H25N3. The molecule has 18 heavy (non-hydrogen) atoms. The Kier molecular flexibility index (Phi) is 4.61. The maximum absolute atomic E-state index is 3.57. The van der Waals surface area contributed by atoms with Crippen LogP contribution in [0.4, 0.5) is 5.69 Å². The molecule has 1 heterocycles. The van der Waals surface area contributed by atoms with E-state index in [4.69, 9.17) is 0 Å². The van der Waals surface area contributed by atoms with Gasteiger partial charge in [-0.1, -0.05) is 12.1 Å². The Morgan fingerprint density at radius 2 is 2.22 bits per heavy atom. The van der Waals surface area contributed by atoms with Gasteiger partial charge in [-0.25, -0.2) is 0 Å². The van der Waals surface area contributed by atoms with Crippen LogP contribution >= 0.6 is 0 Å². The number of nitrogens with zero attached hydrogens (tertiary/aromatic N) is 1. The molecule has 2 rings (SSSR count). The highest BCUT2D eigenvalue weighted by Crippen LogP contribution is 2.23. The summed E-state index contributed by atoms with van der Waals surface area (Å²) in [5.74, 6) is 0. The zero-order valence-electron chi connectivity index (χ0n) is 11.8. The van der Waals surface area contributed by atoms with Gasteiger partial charge in [0.05, 0.1) is 0 Å². The van der Waals surface area contributed by atoms with Gasteiger partial charge in [-0.2, -0.15) is 0 Å². The molecule has 3 heteroatoms. The number of nitrogens with one attached hydrogen (secondary N) is 2. The van der Waals surface area contributed by atoms with Gasteiger partial charge in [0.25, 0.3) is 0 Å². The van der Waals surface area contributed by atoms with Crippen molar-refractivity contribution in [2.75, 3.05) is 39.0 Å². The Hall–Kier alpha value is -1.06. The van der Waals surface area contributed by atoms with E-state index < -0.39 is 0 Å². The van der Waals surface area contributed by atoms with E-state index in [0.29, 0.717) is 6.04 Å². The number of benzene rings is 1. The highest BCUT2D eigenvalue weighted by molar-refractivity contribution is 5.56. The van der Waals surface area contributed by atoms with Gasteiger partial charge in [0.2, 0.25) is 0 Å². The van der Waals surface area contributed by atoms with Crippen LogP contribution in [-0.4, -0.2) is 44.7 Å². The van der Waals surface area contributed by atoms with Gasteiger partial charge in [0.15, 0.2) is 0 Å². The molecule has 0 saturated heterocycles. The summed E-state index contributed by atoms with van der Waals surface area (Å²) in [5.41, 5.74) is 4.25. The van der Waals surface area contributed by atoms with Crippen LogP contribution in [0.15, 0.2) is 18.2 Å². The van der Waals surface area contributed by atoms with Gasteiger partial charge in [-0.05, 0) is 51.1 Å². The van der Waals surface area contributed by atoms with Gasteiger partial charge in [-0.3, -0.25) is 0 Å². The Morgan fingerprint density at radius 3 is 3.00 bits per heavy atom. The molecule has 0 radical (unpaired) electrons. The van der Waals surface area contributed by atoms with Crippen LogP contribution in [0.1, 0.15) is 18.1 Å². The van der Waals surface area contributed by atoms with Gasteiger partial charge >= 0.3 is 0 Å². The molecule has 0 spiro atoms. The fourth-order valence-corrected chi connectivity index (χ4v) is 2.45. The Balaban J connectivity index is 1.82. The van der Waals surface area contributed by atoms with Crippen molar-refractivity contribution in [2.24, 2.45) is 0 Å². The van der Waals surface area contributed by atoms with Crippen molar-refractivity contribution in [3.05, 3.63) is 29.3 Å². The number of hydrogen-bond acceptors (Lipinski definition) is 3. The number of rotatable bonds is 6. The molecule has 0 amide bonds. The van der Waals surface area contributed by atoms with Crippen molar-refractivity contribution in [1.29, 1.82) is 0 Å². The average Bonchev–Trinajstić information content (AvgIpc) is 2.75. The standard InChI is InChI=1S/C15H25N3/c1-12(16-8-9-18(2)3)10-13-4-5-15-14(11-13)6-7-17-15/h4-5,11-12,16-17H,6-10H2,1-3H3. The molecule has 0 aliphatic carbocycles. The van der Waals surface area contributed by atoms with Crippen molar-refractivity contribution in [3.63, 3.8) is 0 Å². The lowest BCUT2D eigenvalue weighted by Gasteiger charge is -2.16. The third kappa shape index (κ3) is 3.72. The van der Waals surface area contributed by atoms with E-state index in [-0.39, 0.29) is 0 Å². The molecule has 0 aromatic heterocycles. The fraction of sp³-hybridized carbons (Fsp3) is 0.600. The molecule has 1 atom stereocenters. The molecule has 1 aromatic rings. The summed E-state index contributed by atoms with van der Waals surface area (Å²) in [4.78, 5) is 2.21. The van der Waals surface area contributed by atoms with Crippen molar-refractivity contribution in [1.82, 2.24) is 10.2 Å². The molecule has 1 aliphatic rings. The lowest BCUT2D eigenvalue weighted by molar-refractivity contribution is 0.387. The smallest absolute Gasteiger partial charge is 0.0373 e. The molecular weight excluding hydrogens is 222 g/mol. The third-order valence-electron chi connectivity index (χ3n) is 3.47. The lowest BCUT2D eigenvalue weighted by atomic mass is 10.0. The average molecular weight is 247 g/mol. The zero-order valence-corrected chi connectivity index (χ0v) is 11.8. The predicted octanol–water partition coefficient (Wildman–Crippen LogP) is 1.74. The monoisotopic (exact) mass is 247 g/mol. The van der Waals surface area contributed by atoms with Crippen molar-refractivity contribution in [3.8, 4) is 0 Å². The van der Waals surface area contributed by atoms with E-state index >= 15 is 0 Å². The highest BCUT2D eigenvalue weighted by atomic mass is 15.1. The minimum absolute atomic E-state index is 0.539. The van der Waals surface area contributed by atoms with Gasteiger partial charge in [0.1, 0.15) is 0 Å². The molecule has 100 valence electrons. The first kappa shape index (κ1) is 13.4. The van der Waals surface area contributed by atoms with E-state index in [1.807, 2.05) is 0 Å². The molecule has 0 bridgehead atoms. The second-order valence-electron chi connectivity index (χ2n) is 5.53. The molecule has 3 nitrogen and oxygen atoms in total. The summed E-state index contributed by atoms with van der Waals surface area (Å²) in [6.45, 7) is 5.51. The van der Waals surface area contributed by atoms with Crippen molar-refractivity contribution < 1.29 is 0 Å². The topological polar surface area (TPSA) is 27.3 Å². The van der Waals surface area contributed by atoms with Crippen LogP contribution in [0.25, 0.3) is 0 Å². The Bertz CT molecular complexity index is 387. The van der Waals surface area contributed by atoms with E-state index in [1.54, 1.807) is 0 Å². The third-order valence-corrected chi connectivity index (χ3v) is 3.47. The number of anilines is 1. The van der Waals surface area contributed by atoms with Crippen LogP contribution < -0.4 is 10.6 Å². The van der Waals surface area contributed by atoms with Gasteiger partial charge in [-0.15, -0.1) is 0 Å². The maximum atomic E-state index is 3.57. The van der Waals surface area contributed by atoms with Crippen LogP contribution in [0.5, 0.6) is 0 Å². The molecule has 0 fully saturated rings. The first-order valence-electron chi connectivity index (χ1n) is 6.89. The minimum Gasteiger partial charge on any atom is -0.384 e. The fourth-order valence-electron chi connectivity index (χ4n) is 2.45. The predicted molar refractivity (Wildman–Crippen MR) is 78.4 cm³/mol. The highest BCUT2D eigenvalue weighted by Gasteiger charge is 2.11. The van der Waals surface area contributed by atoms with E-state index in [2.05, 4.69) is 54.8 Å². The SMILES string of the molecule is CC(Cc1ccc2c(c1)CCN2)NCCN(C)C. The summed E-state index contributed by atoms with van der Waals surface area (Å²) in [7, 11) is 4.22. The number of fused-ring (bicyclic) bond motifs is 1. The first-order chi connectivity index (χ1) is 8.65. The van der Waals surface area contributed by atoms with Gasteiger partial charge < -0.3 is 15.5 Å². The minimum atomic E-state index is 0.539. The zero-order chi connectivity index (χ0) is 13.0. The van der Waals surface area contributed by atoms with E-state index in [0.717, 1.165) is 26.1 Å². The van der Waals surface area contributed by atoms with E-state index in [1.165, 1.54) is 23.2 Å². The normalized spacial score (nSPS) is 15.6. The largest absolute Gasteiger partial charge is 0.384 e. The summed E-state index contributed by atoms with van der Waals surface area (Å²) in [6.07, 6.45) is 2.28. The van der Waals surface area contributed by atoms with Gasteiger partial charge in [0, 0.05) is 31.4 Å². The van der Waals surface area contributed by atoms with Crippen LogP contribution in [0.3, 0.4) is 0 Å². The van der Waals surface area contributed by atoms with Crippen molar-refractivity contribution >= 4 is 5.69 Å². The lowest BCUT2D eigenvalue weighted by Crippen LogP contribution is -2.34. The summed E-state index contributed by atoms with van der Waals surface area (Å²) in [6, 6.07) is 7.38.